The molecule has 4 rings (SSSR count). The van der Waals surface area contributed by atoms with Crippen molar-refractivity contribution in [2.45, 2.75) is 31.7 Å². The van der Waals surface area contributed by atoms with Crippen LogP contribution in [0.25, 0.3) is 11.1 Å². The van der Waals surface area contributed by atoms with Crippen LogP contribution >= 0.6 is 0 Å². The molecule has 1 aromatic carbocycles. The van der Waals surface area contributed by atoms with E-state index < -0.39 is 0 Å². The summed E-state index contributed by atoms with van der Waals surface area (Å²) in [5.41, 5.74) is 3.81. The molecular weight excluding hydrogens is 224 g/mol. The van der Waals surface area contributed by atoms with E-state index in [4.69, 9.17) is 4.74 Å². The fraction of sp³-hybridized carbons (Fsp3) is 0.400. The number of benzene rings is 1. The molecule has 2 aliphatic rings. The summed E-state index contributed by atoms with van der Waals surface area (Å²) in [4.78, 5) is 0. The number of aromatic nitrogens is 2. The molecule has 0 radical (unpaired) electrons. The van der Waals surface area contributed by atoms with E-state index in [-0.39, 0.29) is 0 Å². The first-order chi connectivity index (χ1) is 8.92. The molecule has 1 saturated carbocycles. The molecule has 0 spiro atoms. The molecule has 3 heteroatoms. The number of ether oxygens (including phenoxy) is 1. The Morgan fingerprint density at radius 3 is 2.78 bits per heavy atom. The minimum absolute atomic E-state index is 0.804. The Morgan fingerprint density at radius 2 is 2.00 bits per heavy atom. The number of rotatable bonds is 2. The second-order valence-electron chi connectivity index (χ2n) is 5.18. The second-order valence-corrected chi connectivity index (χ2v) is 5.18. The van der Waals surface area contributed by atoms with Crippen LogP contribution in [0.15, 0.2) is 30.5 Å². The van der Waals surface area contributed by atoms with Gasteiger partial charge >= 0.3 is 0 Å². The minimum atomic E-state index is 0.804. The Balaban J connectivity index is 1.71. The van der Waals surface area contributed by atoms with Crippen LogP contribution in [-0.4, -0.2) is 16.4 Å². The fourth-order valence-corrected chi connectivity index (χ4v) is 2.62. The van der Waals surface area contributed by atoms with E-state index in [1.165, 1.54) is 24.0 Å². The van der Waals surface area contributed by atoms with Crippen molar-refractivity contribution >= 4 is 0 Å². The molecule has 1 aromatic heterocycles. The first kappa shape index (κ1) is 10.2. The van der Waals surface area contributed by atoms with Gasteiger partial charge in [-0.3, -0.25) is 0 Å². The molecule has 0 bridgehead atoms. The topological polar surface area (TPSA) is 27.1 Å². The first-order valence-corrected chi connectivity index (χ1v) is 6.71. The van der Waals surface area contributed by atoms with E-state index in [9.17, 15) is 0 Å². The molecule has 1 aliphatic heterocycles. The van der Waals surface area contributed by atoms with Crippen LogP contribution in [0.5, 0.6) is 5.88 Å². The highest BCUT2D eigenvalue weighted by Gasteiger charge is 2.23. The summed E-state index contributed by atoms with van der Waals surface area (Å²) in [7, 11) is 0. The average molecular weight is 240 g/mol. The third-order valence-corrected chi connectivity index (χ3v) is 3.81. The third kappa shape index (κ3) is 1.62. The Morgan fingerprint density at radius 1 is 1.17 bits per heavy atom. The second kappa shape index (κ2) is 3.87. The van der Waals surface area contributed by atoms with Gasteiger partial charge in [-0.1, -0.05) is 24.3 Å². The van der Waals surface area contributed by atoms with E-state index in [2.05, 4.69) is 29.4 Å². The van der Waals surface area contributed by atoms with Gasteiger partial charge < -0.3 is 4.74 Å². The lowest BCUT2D eigenvalue weighted by molar-refractivity contribution is 0.231. The normalized spacial score (nSPS) is 18.2. The summed E-state index contributed by atoms with van der Waals surface area (Å²) in [6.45, 7) is 1.77. The minimum Gasteiger partial charge on any atom is -0.477 e. The fourth-order valence-electron chi connectivity index (χ4n) is 2.62. The molecule has 18 heavy (non-hydrogen) atoms. The van der Waals surface area contributed by atoms with Gasteiger partial charge in [0.05, 0.1) is 18.4 Å². The zero-order valence-electron chi connectivity index (χ0n) is 10.3. The molecule has 2 heterocycles. The third-order valence-electron chi connectivity index (χ3n) is 3.81. The highest BCUT2D eigenvalue weighted by atomic mass is 16.5. The lowest BCUT2D eigenvalue weighted by Crippen LogP contribution is -2.14. The highest BCUT2D eigenvalue weighted by Crippen LogP contribution is 2.41. The van der Waals surface area contributed by atoms with Crippen LogP contribution < -0.4 is 4.74 Å². The summed E-state index contributed by atoms with van der Waals surface area (Å²) in [6, 6.07) is 8.90. The zero-order chi connectivity index (χ0) is 11.9. The van der Waals surface area contributed by atoms with Gasteiger partial charge in [0.1, 0.15) is 0 Å². The number of aryl methyl sites for hydroxylation is 1. The average Bonchev–Trinajstić information content (AvgIpc) is 3.19. The Bertz CT molecular complexity index is 567. The standard InChI is InChI=1S/C15H16N2O/c1-8-17-15(18-9-1)14(10-16-17)13-6-4-12(5-7-13)11-2-3-11/h4-7,10-11H,1-3,8-9H2. The van der Waals surface area contributed by atoms with Crippen LogP contribution in [0.2, 0.25) is 0 Å². The summed E-state index contributed by atoms with van der Waals surface area (Å²) in [6.07, 6.45) is 5.68. The van der Waals surface area contributed by atoms with Crippen LogP contribution in [0, 0.1) is 0 Å². The molecular formula is C15H16N2O. The van der Waals surface area contributed by atoms with Gasteiger partial charge in [0.25, 0.3) is 0 Å². The Hall–Kier alpha value is -1.77. The number of nitrogens with zero attached hydrogens (tertiary/aromatic N) is 2. The van der Waals surface area contributed by atoms with Crippen molar-refractivity contribution < 1.29 is 4.74 Å². The van der Waals surface area contributed by atoms with E-state index >= 15 is 0 Å². The quantitative estimate of drug-likeness (QED) is 0.806. The molecule has 1 fully saturated rings. The van der Waals surface area contributed by atoms with Crippen LogP contribution in [0.1, 0.15) is 30.7 Å². The molecule has 0 N–H and O–H groups in total. The van der Waals surface area contributed by atoms with Gasteiger partial charge in [0.15, 0.2) is 0 Å². The van der Waals surface area contributed by atoms with Crippen molar-refractivity contribution in [3.8, 4) is 17.0 Å². The van der Waals surface area contributed by atoms with Gasteiger partial charge in [-0.2, -0.15) is 5.10 Å². The van der Waals surface area contributed by atoms with E-state index in [0.717, 1.165) is 36.9 Å². The van der Waals surface area contributed by atoms with Crippen molar-refractivity contribution in [3.05, 3.63) is 36.0 Å². The molecule has 0 amide bonds. The van der Waals surface area contributed by atoms with Crippen molar-refractivity contribution in [2.24, 2.45) is 0 Å². The maximum atomic E-state index is 5.74. The summed E-state index contributed by atoms with van der Waals surface area (Å²) < 4.78 is 7.71. The molecule has 0 unspecified atom stereocenters. The predicted molar refractivity (Wildman–Crippen MR) is 69.8 cm³/mol. The Kier molecular flexibility index (Phi) is 2.19. The van der Waals surface area contributed by atoms with E-state index in [1.54, 1.807) is 0 Å². The maximum Gasteiger partial charge on any atom is 0.219 e. The summed E-state index contributed by atoms with van der Waals surface area (Å²) >= 11 is 0. The summed E-state index contributed by atoms with van der Waals surface area (Å²) in [5.74, 6) is 1.75. The van der Waals surface area contributed by atoms with Crippen LogP contribution in [0.4, 0.5) is 0 Å². The molecule has 0 saturated heterocycles. The molecule has 0 atom stereocenters. The molecule has 92 valence electrons. The van der Waals surface area contributed by atoms with E-state index in [1.807, 2.05) is 10.9 Å². The number of hydrogen-bond donors (Lipinski definition) is 0. The lowest BCUT2D eigenvalue weighted by Gasteiger charge is -2.16. The highest BCUT2D eigenvalue weighted by molar-refractivity contribution is 5.68. The largest absolute Gasteiger partial charge is 0.477 e. The molecule has 3 nitrogen and oxygen atoms in total. The Labute approximate surface area is 106 Å². The summed E-state index contributed by atoms with van der Waals surface area (Å²) in [5, 5.41) is 4.39. The van der Waals surface area contributed by atoms with Crippen molar-refractivity contribution in [3.63, 3.8) is 0 Å². The SMILES string of the molecule is c1cc(C2CC2)ccc1-c1cnn2c1OCCC2. The number of fused-ring (bicyclic) bond motifs is 1. The van der Waals surface area contributed by atoms with E-state index in [0.29, 0.717) is 0 Å². The first-order valence-electron chi connectivity index (χ1n) is 6.71. The van der Waals surface area contributed by atoms with Gasteiger partial charge in [-0.05, 0) is 29.9 Å². The van der Waals surface area contributed by atoms with Crippen LogP contribution in [-0.2, 0) is 6.54 Å². The van der Waals surface area contributed by atoms with Crippen LogP contribution in [0.3, 0.4) is 0 Å². The van der Waals surface area contributed by atoms with Gasteiger partial charge in [0, 0.05) is 13.0 Å². The van der Waals surface area contributed by atoms with Crippen molar-refractivity contribution in [1.29, 1.82) is 0 Å². The van der Waals surface area contributed by atoms with Crippen molar-refractivity contribution in [2.75, 3.05) is 6.61 Å². The molecule has 1 aliphatic carbocycles. The molecule has 2 aromatic rings. The van der Waals surface area contributed by atoms with Crippen molar-refractivity contribution in [1.82, 2.24) is 9.78 Å². The predicted octanol–water partition coefficient (Wildman–Crippen LogP) is 3.21. The number of hydrogen-bond acceptors (Lipinski definition) is 2. The lowest BCUT2D eigenvalue weighted by atomic mass is 10.0. The van der Waals surface area contributed by atoms with Gasteiger partial charge in [0.2, 0.25) is 5.88 Å². The van der Waals surface area contributed by atoms with Gasteiger partial charge in [-0.25, -0.2) is 4.68 Å². The zero-order valence-corrected chi connectivity index (χ0v) is 10.3. The van der Waals surface area contributed by atoms with Gasteiger partial charge in [-0.15, -0.1) is 0 Å². The maximum absolute atomic E-state index is 5.74. The smallest absolute Gasteiger partial charge is 0.219 e. The monoisotopic (exact) mass is 240 g/mol.